The summed E-state index contributed by atoms with van der Waals surface area (Å²) in [5, 5.41) is 12.2. The van der Waals surface area contributed by atoms with Crippen molar-refractivity contribution in [1.29, 1.82) is 0 Å². The van der Waals surface area contributed by atoms with Gasteiger partial charge in [-0.3, -0.25) is 10.1 Å². The van der Waals surface area contributed by atoms with E-state index >= 15 is 0 Å². The van der Waals surface area contributed by atoms with E-state index in [-0.39, 0.29) is 24.6 Å². The van der Waals surface area contributed by atoms with Gasteiger partial charge in [-0.05, 0) is 36.8 Å². The van der Waals surface area contributed by atoms with Gasteiger partial charge in [0.1, 0.15) is 11.6 Å². The van der Waals surface area contributed by atoms with E-state index in [1.165, 1.54) is 24.9 Å². The molecule has 0 radical (unpaired) electrons. The normalized spacial score (nSPS) is 10.8. The highest BCUT2D eigenvalue weighted by Gasteiger charge is 2.22. The summed E-state index contributed by atoms with van der Waals surface area (Å²) in [7, 11) is 3.00. The summed E-state index contributed by atoms with van der Waals surface area (Å²) < 4.78 is 36.7. The summed E-state index contributed by atoms with van der Waals surface area (Å²) in [5.41, 5.74) is 2.33. The zero-order chi connectivity index (χ0) is 24.7. The van der Waals surface area contributed by atoms with Crippen LogP contribution in [0.3, 0.4) is 0 Å². The summed E-state index contributed by atoms with van der Waals surface area (Å²) >= 11 is 0. The van der Waals surface area contributed by atoms with E-state index in [1.807, 2.05) is 6.07 Å². The Hall–Kier alpha value is -3.99. The zero-order valence-electron chi connectivity index (χ0n) is 18.9. The molecule has 34 heavy (non-hydrogen) atoms. The maximum atomic E-state index is 12.8. The van der Waals surface area contributed by atoms with Crippen molar-refractivity contribution in [2.75, 3.05) is 19.5 Å². The summed E-state index contributed by atoms with van der Waals surface area (Å²) in [4.78, 5) is 25.0. The Balaban J connectivity index is 1.83. The average molecular weight is 473 g/mol. The fourth-order valence-corrected chi connectivity index (χ4v) is 3.30. The number of nitrogens with one attached hydrogen (secondary N) is 3. The van der Waals surface area contributed by atoms with E-state index in [1.54, 1.807) is 43.3 Å². The molecular formula is C23H25F2N5O4. The number of anilines is 1. The molecule has 3 rings (SSSR count). The number of halogens is 2. The minimum atomic E-state index is -3.01. The van der Waals surface area contributed by atoms with Gasteiger partial charge in [0.25, 0.3) is 5.91 Å². The first kappa shape index (κ1) is 24.6. The number of para-hydroxylation sites is 1. The SMILES string of the molecule is CNC(=O)c1nn(-c2ccccc2)c(NC(=O)NCc2cc(COC)ccc2OC(F)F)c1C. The van der Waals surface area contributed by atoms with E-state index < -0.39 is 18.5 Å². The molecule has 2 aromatic carbocycles. The van der Waals surface area contributed by atoms with Crippen LogP contribution in [0.15, 0.2) is 48.5 Å². The van der Waals surface area contributed by atoms with Crippen LogP contribution in [-0.2, 0) is 17.9 Å². The number of nitrogens with zero attached hydrogens (tertiary/aromatic N) is 2. The van der Waals surface area contributed by atoms with Crippen molar-refractivity contribution in [3.05, 3.63) is 70.9 Å². The van der Waals surface area contributed by atoms with Crippen LogP contribution >= 0.6 is 0 Å². The second kappa shape index (κ2) is 11.2. The van der Waals surface area contributed by atoms with Gasteiger partial charge in [0.05, 0.1) is 12.3 Å². The molecule has 0 saturated heterocycles. The van der Waals surface area contributed by atoms with Crippen molar-refractivity contribution in [2.24, 2.45) is 0 Å². The highest BCUT2D eigenvalue weighted by Crippen LogP contribution is 2.25. The quantitative estimate of drug-likeness (QED) is 0.440. The molecule has 3 N–H and O–H groups in total. The Kier molecular flexibility index (Phi) is 8.14. The first-order valence-electron chi connectivity index (χ1n) is 10.3. The zero-order valence-corrected chi connectivity index (χ0v) is 18.9. The van der Waals surface area contributed by atoms with E-state index in [0.717, 1.165) is 5.56 Å². The Labute approximate surface area is 195 Å². The highest BCUT2D eigenvalue weighted by atomic mass is 19.3. The third-order valence-electron chi connectivity index (χ3n) is 4.89. The average Bonchev–Trinajstić information content (AvgIpc) is 3.15. The van der Waals surface area contributed by atoms with Gasteiger partial charge in [0.15, 0.2) is 5.69 Å². The van der Waals surface area contributed by atoms with Gasteiger partial charge in [-0.2, -0.15) is 13.9 Å². The number of methoxy groups -OCH3 is 1. The lowest BCUT2D eigenvalue weighted by Crippen LogP contribution is -2.29. The third-order valence-corrected chi connectivity index (χ3v) is 4.89. The van der Waals surface area contributed by atoms with Crippen molar-refractivity contribution in [3.63, 3.8) is 0 Å². The lowest BCUT2D eigenvalue weighted by Gasteiger charge is -2.14. The number of carbonyl (C=O) groups excluding carboxylic acids is 2. The molecular weight excluding hydrogens is 448 g/mol. The Bertz CT molecular complexity index is 1150. The van der Waals surface area contributed by atoms with Gasteiger partial charge in [-0.25, -0.2) is 9.48 Å². The minimum Gasteiger partial charge on any atom is -0.434 e. The van der Waals surface area contributed by atoms with E-state index in [0.29, 0.717) is 22.6 Å². The number of carbonyl (C=O) groups is 2. The molecule has 0 aliphatic carbocycles. The van der Waals surface area contributed by atoms with E-state index in [2.05, 4.69) is 25.8 Å². The van der Waals surface area contributed by atoms with Crippen LogP contribution in [-0.4, -0.2) is 42.5 Å². The summed E-state index contributed by atoms with van der Waals surface area (Å²) in [5.74, 6) is -0.165. The van der Waals surface area contributed by atoms with Crippen molar-refractivity contribution >= 4 is 17.8 Å². The number of alkyl halides is 2. The molecule has 3 aromatic rings. The molecule has 0 bridgehead atoms. The number of hydrogen-bond donors (Lipinski definition) is 3. The Morgan fingerprint density at radius 3 is 2.53 bits per heavy atom. The fraction of sp³-hybridized carbons (Fsp3) is 0.261. The van der Waals surface area contributed by atoms with E-state index in [9.17, 15) is 18.4 Å². The molecule has 0 atom stereocenters. The third kappa shape index (κ3) is 5.87. The number of benzene rings is 2. The number of ether oxygens (including phenoxy) is 2. The molecule has 0 saturated carbocycles. The predicted octanol–water partition coefficient (Wildman–Crippen LogP) is 3.61. The molecule has 3 amide bonds. The van der Waals surface area contributed by atoms with Crippen LogP contribution in [0.25, 0.3) is 5.69 Å². The minimum absolute atomic E-state index is 0.0532. The van der Waals surface area contributed by atoms with Gasteiger partial charge in [0.2, 0.25) is 0 Å². The first-order valence-corrected chi connectivity index (χ1v) is 10.3. The lowest BCUT2D eigenvalue weighted by molar-refractivity contribution is -0.0504. The van der Waals surface area contributed by atoms with Crippen molar-refractivity contribution < 1.29 is 27.8 Å². The van der Waals surface area contributed by atoms with Crippen LogP contribution < -0.4 is 20.7 Å². The predicted molar refractivity (Wildman–Crippen MR) is 121 cm³/mol. The van der Waals surface area contributed by atoms with Crippen LogP contribution in [0.1, 0.15) is 27.2 Å². The molecule has 0 fully saturated rings. The second-order valence-electron chi connectivity index (χ2n) is 7.21. The maximum absolute atomic E-state index is 12.8. The second-order valence-corrected chi connectivity index (χ2v) is 7.21. The molecule has 0 unspecified atom stereocenters. The molecule has 11 heteroatoms. The molecule has 0 spiro atoms. The summed E-state index contributed by atoms with van der Waals surface area (Å²) in [6.45, 7) is -1.17. The van der Waals surface area contributed by atoms with Gasteiger partial charge in [0, 0.05) is 31.8 Å². The Morgan fingerprint density at radius 1 is 1.15 bits per heavy atom. The highest BCUT2D eigenvalue weighted by molar-refractivity contribution is 5.97. The number of hydrogen-bond acceptors (Lipinski definition) is 5. The molecule has 0 aliphatic heterocycles. The van der Waals surface area contributed by atoms with Crippen LogP contribution in [0.4, 0.5) is 19.4 Å². The number of rotatable bonds is 9. The van der Waals surface area contributed by atoms with Crippen molar-refractivity contribution in [1.82, 2.24) is 20.4 Å². The molecule has 180 valence electrons. The van der Waals surface area contributed by atoms with Gasteiger partial charge >= 0.3 is 12.6 Å². The van der Waals surface area contributed by atoms with Crippen molar-refractivity contribution in [2.45, 2.75) is 26.7 Å². The number of amides is 3. The maximum Gasteiger partial charge on any atom is 0.387 e. The summed E-state index contributed by atoms with van der Waals surface area (Å²) in [6, 6.07) is 13.0. The summed E-state index contributed by atoms with van der Waals surface area (Å²) in [6.07, 6.45) is 0. The largest absolute Gasteiger partial charge is 0.434 e. The first-order chi connectivity index (χ1) is 16.3. The van der Waals surface area contributed by atoms with Gasteiger partial charge in [-0.15, -0.1) is 0 Å². The lowest BCUT2D eigenvalue weighted by atomic mass is 10.1. The van der Waals surface area contributed by atoms with Gasteiger partial charge < -0.3 is 20.1 Å². The van der Waals surface area contributed by atoms with Crippen molar-refractivity contribution in [3.8, 4) is 11.4 Å². The van der Waals surface area contributed by atoms with Crippen LogP contribution in [0, 0.1) is 6.92 Å². The molecule has 1 heterocycles. The smallest absolute Gasteiger partial charge is 0.387 e. The number of urea groups is 1. The van der Waals surface area contributed by atoms with E-state index in [4.69, 9.17) is 4.74 Å². The Morgan fingerprint density at radius 2 is 1.88 bits per heavy atom. The number of aromatic nitrogens is 2. The topological polar surface area (TPSA) is 107 Å². The standard InChI is InChI=1S/C23H25F2N5O4/c1-14-19(21(31)26-2)29-30(17-7-5-4-6-8-17)20(14)28-23(32)27-12-16-11-15(13-33-3)9-10-18(16)34-22(24)25/h4-11,22H,12-13H2,1-3H3,(H,26,31)(H2,27,28,32). The van der Waals surface area contributed by atoms with Crippen LogP contribution in [0.2, 0.25) is 0 Å². The molecule has 1 aromatic heterocycles. The molecule has 0 aliphatic rings. The van der Waals surface area contributed by atoms with Gasteiger partial charge in [-0.1, -0.05) is 24.3 Å². The van der Waals surface area contributed by atoms with Crippen LogP contribution in [0.5, 0.6) is 5.75 Å². The molecule has 9 nitrogen and oxygen atoms in total. The monoisotopic (exact) mass is 473 g/mol. The fourth-order valence-electron chi connectivity index (χ4n) is 3.30.